The number of hydrogen-bond acceptors (Lipinski definition) is 4. The van der Waals surface area contributed by atoms with Crippen LogP contribution >= 0.6 is 0 Å². The molecule has 0 atom stereocenters. The molecule has 122 valence electrons. The Bertz CT molecular complexity index is 467. The SMILES string of the molecule is CCN(CCO)c1ccc(CN2CCC(C(=O)O)CC2)cc1. The highest BCUT2D eigenvalue weighted by atomic mass is 16.4. The van der Waals surface area contributed by atoms with E-state index in [1.807, 2.05) is 0 Å². The summed E-state index contributed by atoms with van der Waals surface area (Å²) in [5, 5.41) is 18.1. The molecule has 2 N–H and O–H groups in total. The number of piperidine rings is 1. The fourth-order valence-electron chi connectivity index (χ4n) is 3.00. The lowest BCUT2D eigenvalue weighted by molar-refractivity contribution is -0.143. The van der Waals surface area contributed by atoms with Gasteiger partial charge >= 0.3 is 5.97 Å². The fraction of sp³-hybridized carbons (Fsp3) is 0.588. The van der Waals surface area contributed by atoms with Crippen LogP contribution in [0.5, 0.6) is 0 Å². The molecule has 5 nitrogen and oxygen atoms in total. The third-order valence-electron chi connectivity index (χ3n) is 4.40. The van der Waals surface area contributed by atoms with Crippen LogP contribution in [0.3, 0.4) is 0 Å². The predicted molar refractivity (Wildman–Crippen MR) is 87.1 cm³/mol. The van der Waals surface area contributed by atoms with E-state index in [9.17, 15) is 4.79 Å². The van der Waals surface area contributed by atoms with Crippen molar-refractivity contribution in [3.8, 4) is 0 Å². The zero-order valence-electron chi connectivity index (χ0n) is 13.2. The Morgan fingerprint density at radius 1 is 1.27 bits per heavy atom. The van der Waals surface area contributed by atoms with Gasteiger partial charge in [0.05, 0.1) is 12.5 Å². The third kappa shape index (κ3) is 4.45. The van der Waals surface area contributed by atoms with Gasteiger partial charge in [-0.3, -0.25) is 9.69 Å². The normalized spacial score (nSPS) is 16.6. The van der Waals surface area contributed by atoms with Gasteiger partial charge in [0.15, 0.2) is 0 Å². The standard InChI is InChI=1S/C17H26N2O3/c1-2-19(11-12-20)16-5-3-14(4-6-16)13-18-9-7-15(8-10-18)17(21)22/h3-6,15,20H,2,7-13H2,1H3,(H,21,22). The van der Waals surface area contributed by atoms with Gasteiger partial charge in [0.25, 0.3) is 0 Å². The molecule has 0 bridgehead atoms. The van der Waals surface area contributed by atoms with E-state index in [1.165, 1.54) is 5.56 Å². The smallest absolute Gasteiger partial charge is 0.306 e. The molecule has 1 heterocycles. The molecule has 1 fully saturated rings. The van der Waals surface area contributed by atoms with Gasteiger partial charge in [-0.05, 0) is 50.6 Å². The number of carboxylic acids is 1. The first kappa shape index (κ1) is 16.8. The molecule has 2 rings (SSSR count). The molecule has 1 aliphatic heterocycles. The molecular formula is C17H26N2O3. The maximum absolute atomic E-state index is 11.0. The molecule has 0 aliphatic carbocycles. The Hall–Kier alpha value is -1.59. The van der Waals surface area contributed by atoms with E-state index in [0.29, 0.717) is 6.54 Å². The summed E-state index contributed by atoms with van der Waals surface area (Å²) in [7, 11) is 0. The Kier molecular flexibility index (Phi) is 6.21. The van der Waals surface area contributed by atoms with Crippen molar-refractivity contribution in [3.63, 3.8) is 0 Å². The molecule has 0 amide bonds. The molecule has 0 radical (unpaired) electrons. The topological polar surface area (TPSA) is 64.0 Å². The van der Waals surface area contributed by atoms with Gasteiger partial charge in [0, 0.05) is 25.3 Å². The number of hydrogen-bond donors (Lipinski definition) is 2. The van der Waals surface area contributed by atoms with Crippen LogP contribution in [-0.2, 0) is 11.3 Å². The van der Waals surface area contributed by atoms with E-state index >= 15 is 0 Å². The number of likely N-dealkylation sites (tertiary alicyclic amines) is 1. The average molecular weight is 306 g/mol. The van der Waals surface area contributed by atoms with E-state index in [1.54, 1.807) is 0 Å². The lowest BCUT2D eigenvalue weighted by atomic mass is 9.97. The minimum atomic E-state index is -0.660. The lowest BCUT2D eigenvalue weighted by Crippen LogP contribution is -2.35. The first-order chi connectivity index (χ1) is 10.6. The maximum Gasteiger partial charge on any atom is 0.306 e. The quantitative estimate of drug-likeness (QED) is 0.804. The number of carboxylic acid groups (broad SMARTS) is 1. The van der Waals surface area contributed by atoms with E-state index in [0.717, 1.165) is 44.7 Å². The summed E-state index contributed by atoms with van der Waals surface area (Å²) in [4.78, 5) is 15.4. The van der Waals surface area contributed by atoms with Crippen molar-refractivity contribution < 1.29 is 15.0 Å². The number of anilines is 1. The Morgan fingerprint density at radius 3 is 2.41 bits per heavy atom. The largest absolute Gasteiger partial charge is 0.481 e. The Balaban J connectivity index is 1.88. The van der Waals surface area contributed by atoms with E-state index in [-0.39, 0.29) is 12.5 Å². The van der Waals surface area contributed by atoms with Gasteiger partial charge in [0.2, 0.25) is 0 Å². The highest BCUT2D eigenvalue weighted by Crippen LogP contribution is 2.20. The summed E-state index contributed by atoms with van der Waals surface area (Å²) >= 11 is 0. The van der Waals surface area contributed by atoms with Crippen LogP contribution in [0.4, 0.5) is 5.69 Å². The minimum Gasteiger partial charge on any atom is -0.481 e. The highest BCUT2D eigenvalue weighted by Gasteiger charge is 2.24. The average Bonchev–Trinajstić information content (AvgIpc) is 2.54. The van der Waals surface area contributed by atoms with Gasteiger partial charge in [-0.15, -0.1) is 0 Å². The van der Waals surface area contributed by atoms with Crippen molar-refractivity contribution >= 4 is 11.7 Å². The van der Waals surface area contributed by atoms with Gasteiger partial charge in [-0.25, -0.2) is 0 Å². The summed E-state index contributed by atoms with van der Waals surface area (Å²) in [6, 6.07) is 8.44. The second kappa shape index (κ2) is 8.15. The zero-order chi connectivity index (χ0) is 15.9. The Morgan fingerprint density at radius 2 is 1.91 bits per heavy atom. The second-order valence-electron chi connectivity index (χ2n) is 5.86. The van der Waals surface area contributed by atoms with Crippen LogP contribution in [0.2, 0.25) is 0 Å². The van der Waals surface area contributed by atoms with E-state index < -0.39 is 5.97 Å². The zero-order valence-corrected chi connectivity index (χ0v) is 13.2. The van der Waals surface area contributed by atoms with Crippen LogP contribution in [0.15, 0.2) is 24.3 Å². The molecule has 1 aliphatic rings. The molecule has 0 spiro atoms. The molecule has 1 aromatic rings. The summed E-state index contributed by atoms with van der Waals surface area (Å²) in [5.41, 5.74) is 2.38. The molecule has 0 saturated carbocycles. The van der Waals surface area contributed by atoms with Crippen molar-refractivity contribution in [1.82, 2.24) is 4.90 Å². The maximum atomic E-state index is 11.0. The number of aliphatic carboxylic acids is 1. The second-order valence-corrected chi connectivity index (χ2v) is 5.86. The van der Waals surface area contributed by atoms with Gasteiger partial charge in [0.1, 0.15) is 0 Å². The summed E-state index contributed by atoms with van der Waals surface area (Å²) in [6.07, 6.45) is 1.49. The molecular weight excluding hydrogens is 280 g/mol. The first-order valence-corrected chi connectivity index (χ1v) is 8.04. The number of nitrogens with zero attached hydrogens (tertiary/aromatic N) is 2. The number of rotatable bonds is 7. The van der Waals surface area contributed by atoms with Crippen molar-refractivity contribution in [2.24, 2.45) is 5.92 Å². The molecule has 5 heteroatoms. The van der Waals surface area contributed by atoms with Crippen molar-refractivity contribution in [2.45, 2.75) is 26.3 Å². The minimum absolute atomic E-state index is 0.161. The van der Waals surface area contributed by atoms with E-state index in [4.69, 9.17) is 10.2 Å². The van der Waals surface area contributed by atoms with Gasteiger partial charge < -0.3 is 15.1 Å². The number of carbonyl (C=O) groups is 1. The van der Waals surface area contributed by atoms with Gasteiger partial charge in [-0.2, -0.15) is 0 Å². The summed E-state index contributed by atoms with van der Waals surface area (Å²) in [6.45, 7) is 6.35. The third-order valence-corrected chi connectivity index (χ3v) is 4.40. The number of aliphatic hydroxyl groups is 1. The number of likely N-dealkylation sites (N-methyl/N-ethyl adjacent to an activating group) is 1. The van der Waals surface area contributed by atoms with Crippen molar-refractivity contribution in [1.29, 1.82) is 0 Å². The molecule has 0 unspecified atom stereocenters. The summed E-state index contributed by atoms with van der Waals surface area (Å²) in [5.74, 6) is -0.831. The van der Waals surface area contributed by atoms with Crippen LogP contribution < -0.4 is 4.90 Å². The lowest BCUT2D eigenvalue weighted by Gasteiger charge is -2.30. The number of aliphatic hydroxyl groups excluding tert-OH is 1. The fourth-order valence-corrected chi connectivity index (χ4v) is 3.00. The monoisotopic (exact) mass is 306 g/mol. The Labute approximate surface area is 132 Å². The van der Waals surface area contributed by atoms with Crippen LogP contribution in [0.25, 0.3) is 0 Å². The number of benzene rings is 1. The molecule has 0 aromatic heterocycles. The summed E-state index contributed by atoms with van der Waals surface area (Å²) < 4.78 is 0. The van der Waals surface area contributed by atoms with Crippen molar-refractivity contribution in [3.05, 3.63) is 29.8 Å². The van der Waals surface area contributed by atoms with Crippen LogP contribution in [-0.4, -0.2) is 53.9 Å². The highest BCUT2D eigenvalue weighted by molar-refractivity contribution is 5.70. The van der Waals surface area contributed by atoms with Crippen LogP contribution in [0.1, 0.15) is 25.3 Å². The predicted octanol–water partition coefficient (Wildman–Crippen LogP) is 1.80. The first-order valence-electron chi connectivity index (χ1n) is 8.04. The van der Waals surface area contributed by atoms with Gasteiger partial charge in [-0.1, -0.05) is 12.1 Å². The molecule has 22 heavy (non-hydrogen) atoms. The van der Waals surface area contributed by atoms with E-state index in [2.05, 4.69) is 41.0 Å². The van der Waals surface area contributed by atoms with Crippen molar-refractivity contribution in [2.75, 3.05) is 37.7 Å². The van der Waals surface area contributed by atoms with Crippen LogP contribution in [0, 0.1) is 5.92 Å². The molecule has 1 saturated heterocycles. The molecule has 1 aromatic carbocycles.